The van der Waals surface area contributed by atoms with Crippen molar-refractivity contribution in [1.82, 2.24) is 14.1 Å². The average Bonchev–Trinajstić information content (AvgIpc) is 2.45. The maximum Gasteiger partial charge on any atom is 0.445 e. The van der Waals surface area contributed by atoms with E-state index in [1.807, 2.05) is 0 Å². The number of halogens is 1. The number of thioether (sulfide) groups is 1. The zero-order valence-corrected chi connectivity index (χ0v) is 12.9. The van der Waals surface area contributed by atoms with Gasteiger partial charge in [-0.2, -0.15) is 0 Å². The van der Waals surface area contributed by atoms with Crippen LogP contribution in [0.2, 0.25) is 0 Å². The van der Waals surface area contributed by atoms with E-state index in [0.29, 0.717) is 21.7 Å². The van der Waals surface area contributed by atoms with Crippen LogP contribution in [0, 0.1) is 0 Å². The Bertz CT molecular complexity index is 437. The Balaban J connectivity index is 1.80. The summed E-state index contributed by atoms with van der Waals surface area (Å²) in [5.41, 5.74) is 3.97. The highest BCUT2D eigenvalue weighted by Gasteiger charge is 2.28. The van der Waals surface area contributed by atoms with Crippen LogP contribution in [0.25, 0.3) is 0 Å². The Hall–Kier alpha value is -1.09. The molecule has 0 aromatic heterocycles. The Morgan fingerprint density at radius 3 is 2.50 bits per heavy atom. The van der Waals surface area contributed by atoms with Gasteiger partial charge >= 0.3 is 12.3 Å². The molecule has 2 amide bonds. The van der Waals surface area contributed by atoms with Gasteiger partial charge in [-0.25, -0.2) is 23.7 Å². The van der Waals surface area contributed by atoms with Crippen molar-refractivity contribution in [3.63, 3.8) is 0 Å². The Labute approximate surface area is 125 Å². The second-order valence-corrected chi connectivity index (χ2v) is 7.12. The first-order valence-corrected chi connectivity index (χ1v) is 7.79. The smallest absolute Gasteiger partial charge is 0.323 e. The summed E-state index contributed by atoms with van der Waals surface area (Å²) in [4.78, 5) is 27.1. The van der Waals surface area contributed by atoms with Gasteiger partial charge in [0.25, 0.3) is 0 Å². The SMILES string of the molecule is CN(SN(C)C(=O)ONC1=C2CCC(CC2)S1)C(=O)F. The molecule has 3 aliphatic rings. The number of carbonyl (C=O) groups excluding carboxylic acids is 2. The van der Waals surface area contributed by atoms with Gasteiger partial charge in [-0.15, -0.1) is 16.2 Å². The van der Waals surface area contributed by atoms with Crippen molar-refractivity contribution < 1.29 is 18.8 Å². The maximum atomic E-state index is 12.4. The zero-order chi connectivity index (χ0) is 14.7. The van der Waals surface area contributed by atoms with E-state index in [1.54, 1.807) is 11.8 Å². The molecule has 1 N–H and O–H groups in total. The molecule has 3 rings (SSSR count). The van der Waals surface area contributed by atoms with Crippen LogP contribution < -0.4 is 5.48 Å². The van der Waals surface area contributed by atoms with Gasteiger partial charge in [-0.1, -0.05) is 0 Å². The summed E-state index contributed by atoms with van der Waals surface area (Å²) in [5.74, 6) is 0. The normalized spacial score (nSPS) is 17.9. The van der Waals surface area contributed by atoms with Crippen LogP contribution in [-0.4, -0.2) is 40.2 Å². The highest BCUT2D eigenvalue weighted by atomic mass is 32.2. The highest BCUT2D eigenvalue weighted by Crippen LogP contribution is 2.43. The fraction of sp³-hybridized carbons (Fsp3) is 0.636. The van der Waals surface area contributed by atoms with Gasteiger partial charge in [0, 0.05) is 19.3 Å². The standard InChI is InChI=1S/C11H16FN3O3S2/c1-14(10(12)16)20-15(2)11(17)18-13-9-7-3-5-8(19-9)6-4-7/h8,13H,3-6H2,1-2H3. The number of allylic oxidation sites excluding steroid dienone is 1. The van der Waals surface area contributed by atoms with Crippen LogP contribution in [0.5, 0.6) is 0 Å². The van der Waals surface area contributed by atoms with Crippen LogP contribution in [0.3, 0.4) is 0 Å². The van der Waals surface area contributed by atoms with Crippen molar-refractivity contribution in [2.24, 2.45) is 0 Å². The number of nitrogens with one attached hydrogen (secondary N) is 1. The molecule has 1 saturated carbocycles. The van der Waals surface area contributed by atoms with Crippen molar-refractivity contribution in [3.8, 4) is 0 Å². The lowest BCUT2D eigenvalue weighted by Gasteiger charge is -2.32. The number of carbonyl (C=O) groups is 2. The van der Waals surface area contributed by atoms with Crippen molar-refractivity contribution in [1.29, 1.82) is 0 Å². The quantitative estimate of drug-likeness (QED) is 0.372. The molecule has 0 saturated heterocycles. The number of amides is 2. The van der Waals surface area contributed by atoms with Gasteiger partial charge in [-0.3, -0.25) is 0 Å². The predicted molar refractivity (Wildman–Crippen MR) is 76.1 cm³/mol. The van der Waals surface area contributed by atoms with Crippen LogP contribution in [-0.2, 0) is 4.84 Å². The highest BCUT2D eigenvalue weighted by molar-refractivity contribution is 8.03. The summed E-state index contributed by atoms with van der Waals surface area (Å²) in [6.07, 6.45) is 2.12. The molecule has 9 heteroatoms. The molecule has 0 atom stereocenters. The van der Waals surface area contributed by atoms with Gasteiger partial charge in [0.2, 0.25) is 0 Å². The molecule has 0 aromatic rings. The second kappa shape index (κ2) is 6.57. The molecular formula is C11H16FN3O3S2. The number of nitrogens with zero attached hydrogens (tertiary/aromatic N) is 2. The van der Waals surface area contributed by atoms with E-state index in [0.717, 1.165) is 22.2 Å². The molecule has 0 unspecified atom stereocenters. The van der Waals surface area contributed by atoms with Gasteiger partial charge in [-0.05, 0) is 31.3 Å². The summed E-state index contributed by atoms with van der Waals surface area (Å²) in [6.45, 7) is 0. The minimum absolute atomic E-state index is 0.594. The van der Waals surface area contributed by atoms with E-state index < -0.39 is 12.3 Å². The Kier molecular flexibility index (Phi) is 5.03. The fourth-order valence-corrected chi connectivity index (χ4v) is 3.84. The third kappa shape index (κ3) is 3.72. The molecule has 6 nitrogen and oxygen atoms in total. The topological polar surface area (TPSA) is 61.9 Å². The van der Waals surface area contributed by atoms with Gasteiger partial charge in [0.1, 0.15) is 5.03 Å². The van der Waals surface area contributed by atoms with Gasteiger partial charge in [0.15, 0.2) is 0 Å². The third-order valence-corrected chi connectivity index (χ3v) is 5.32. The summed E-state index contributed by atoms with van der Waals surface area (Å²) in [6, 6.07) is 0. The van der Waals surface area contributed by atoms with Crippen LogP contribution in [0.15, 0.2) is 10.6 Å². The lowest BCUT2D eigenvalue weighted by molar-refractivity contribution is 0.0956. The van der Waals surface area contributed by atoms with Crippen LogP contribution in [0.1, 0.15) is 25.7 Å². The van der Waals surface area contributed by atoms with Crippen molar-refractivity contribution >= 4 is 36.2 Å². The molecule has 112 valence electrons. The predicted octanol–water partition coefficient (Wildman–Crippen LogP) is 3.04. The third-order valence-electron chi connectivity index (χ3n) is 3.12. The largest absolute Gasteiger partial charge is 0.445 e. The van der Waals surface area contributed by atoms with E-state index >= 15 is 0 Å². The number of hydrogen-bond acceptors (Lipinski definition) is 6. The number of hydroxylamine groups is 1. The second-order valence-electron chi connectivity index (χ2n) is 4.55. The van der Waals surface area contributed by atoms with Crippen LogP contribution in [0.4, 0.5) is 14.0 Å². The molecule has 1 aliphatic carbocycles. The van der Waals surface area contributed by atoms with Gasteiger partial charge in [0.05, 0.1) is 12.1 Å². The summed E-state index contributed by atoms with van der Waals surface area (Å²) < 4.78 is 14.1. The van der Waals surface area contributed by atoms with Crippen molar-refractivity contribution in [3.05, 3.63) is 10.6 Å². The van der Waals surface area contributed by atoms with Crippen molar-refractivity contribution in [2.45, 2.75) is 30.9 Å². The minimum Gasteiger partial charge on any atom is -0.323 e. The Morgan fingerprint density at radius 1 is 1.35 bits per heavy atom. The lowest BCUT2D eigenvalue weighted by Crippen LogP contribution is -2.32. The first kappa shape index (κ1) is 15.3. The first-order chi connectivity index (χ1) is 9.47. The summed E-state index contributed by atoms with van der Waals surface area (Å²) in [5, 5.41) is 1.50. The molecular weight excluding hydrogens is 305 g/mol. The molecule has 0 aromatic carbocycles. The molecule has 2 bridgehead atoms. The lowest BCUT2D eigenvalue weighted by atomic mass is 9.94. The molecule has 2 aliphatic heterocycles. The first-order valence-electron chi connectivity index (χ1n) is 6.18. The molecule has 0 spiro atoms. The van der Waals surface area contributed by atoms with Crippen LogP contribution >= 0.6 is 23.9 Å². The van der Waals surface area contributed by atoms with E-state index in [-0.39, 0.29) is 0 Å². The maximum absolute atomic E-state index is 12.4. The molecule has 1 fully saturated rings. The van der Waals surface area contributed by atoms with E-state index in [9.17, 15) is 14.0 Å². The number of fused-ring (bicyclic) bond motifs is 3. The molecule has 2 heterocycles. The Morgan fingerprint density at radius 2 is 2.00 bits per heavy atom. The zero-order valence-electron chi connectivity index (χ0n) is 11.2. The number of rotatable bonds is 4. The summed E-state index contributed by atoms with van der Waals surface area (Å²) in [7, 11) is 2.62. The van der Waals surface area contributed by atoms with E-state index in [4.69, 9.17) is 4.84 Å². The average molecular weight is 321 g/mol. The summed E-state index contributed by atoms with van der Waals surface area (Å²) >= 11 is 2.32. The van der Waals surface area contributed by atoms with Crippen molar-refractivity contribution in [2.75, 3.05) is 14.1 Å². The van der Waals surface area contributed by atoms with E-state index in [1.165, 1.54) is 32.5 Å². The molecule has 20 heavy (non-hydrogen) atoms. The molecule has 0 radical (unpaired) electrons. The fourth-order valence-electron chi connectivity index (χ4n) is 2.03. The minimum atomic E-state index is -1.63. The number of hydrogen-bond donors (Lipinski definition) is 1. The van der Waals surface area contributed by atoms with Gasteiger partial charge < -0.3 is 4.84 Å². The monoisotopic (exact) mass is 321 g/mol. The van der Waals surface area contributed by atoms with E-state index in [2.05, 4.69) is 5.48 Å².